The second-order valence-corrected chi connectivity index (χ2v) is 8.60. The topological polar surface area (TPSA) is 67.0 Å². The molecule has 1 fully saturated rings. The molecule has 1 aliphatic heterocycles. The van der Waals surface area contributed by atoms with E-state index in [0.29, 0.717) is 36.0 Å². The molecule has 29 heavy (non-hydrogen) atoms. The minimum absolute atomic E-state index is 0.149. The molecule has 4 rings (SSSR count). The van der Waals surface area contributed by atoms with Gasteiger partial charge in [-0.2, -0.15) is 5.10 Å². The highest BCUT2D eigenvalue weighted by molar-refractivity contribution is 9.10. The summed E-state index contributed by atoms with van der Waals surface area (Å²) in [6.07, 6.45) is 3.29. The minimum atomic E-state index is -0.151. The molecule has 2 heterocycles. The van der Waals surface area contributed by atoms with Gasteiger partial charge in [-0.3, -0.25) is 9.89 Å². The molecule has 0 saturated carbocycles. The second kappa shape index (κ2) is 8.69. The standard InChI is InChI=1S/C22H21BrClN3O2/c23-17-3-1-2-16(12-17)22(8-10-29-11-9-22)14-25-21(28)19-13-26-27-20(19)15-4-6-18(24)7-5-15/h1-7,12-13H,8-11,14H2,(H,25,28)(H,26,27). The number of rotatable bonds is 5. The zero-order chi connectivity index (χ0) is 20.3. The Balaban J connectivity index is 1.55. The van der Waals surface area contributed by atoms with Crippen LogP contribution in [0.5, 0.6) is 0 Å². The van der Waals surface area contributed by atoms with Crippen LogP contribution in [0.1, 0.15) is 28.8 Å². The predicted octanol–water partition coefficient (Wildman–Crippen LogP) is 4.97. The van der Waals surface area contributed by atoms with E-state index in [1.807, 2.05) is 24.3 Å². The van der Waals surface area contributed by atoms with E-state index in [1.54, 1.807) is 18.3 Å². The van der Waals surface area contributed by atoms with Crippen LogP contribution < -0.4 is 5.32 Å². The lowest BCUT2D eigenvalue weighted by molar-refractivity contribution is 0.0487. The predicted molar refractivity (Wildman–Crippen MR) is 117 cm³/mol. The van der Waals surface area contributed by atoms with Crippen molar-refractivity contribution in [3.8, 4) is 11.3 Å². The fourth-order valence-electron chi connectivity index (χ4n) is 3.79. The first-order valence-corrected chi connectivity index (χ1v) is 10.7. The average molecular weight is 475 g/mol. The van der Waals surface area contributed by atoms with E-state index in [2.05, 4.69) is 43.6 Å². The Bertz CT molecular complexity index is 997. The number of aromatic nitrogens is 2. The summed E-state index contributed by atoms with van der Waals surface area (Å²) in [7, 11) is 0. The zero-order valence-corrected chi connectivity index (χ0v) is 18.1. The van der Waals surface area contributed by atoms with Crippen LogP contribution in [0.4, 0.5) is 0 Å². The molecule has 0 aliphatic carbocycles. The maximum Gasteiger partial charge on any atom is 0.255 e. The number of ether oxygens (including phenoxy) is 1. The number of aromatic amines is 1. The number of nitrogens with one attached hydrogen (secondary N) is 2. The number of halogens is 2. The molecule has 5 nitrogen and oxygen atoms in total. The van der Waals surface area contributed by atoms with Crippen LogP contribution in [0, 0.1) is 0 Å². The van der Waals surface area contributed by atoms with Crippen molar-refractivity contribution in [1.82, 2.24) is 15.5 Å². The maximum absolute atomic E-state index is 13.0. The molecule has 1 aliphatic rings. The summed E-state index contributed by atoms with van der Waals surface area (Å²) < 4.78 is 6.63. The zero-order valence-electron chi connectivity index (χ0n) is 15.8. The number of benzene rings is 2. The van der Waals surface area contributed by atoms with Crippen LogP contribution in [0.25, 0.3) is 11.3 Å². The Morgan fingerprint density at radius 2 is 1.97 bits per heavy atom. The monoisotopic (exact) mass is 473 g/mol. The van der Waals surface area contributed by atoms with E-state index in [1.165, 1.54) is 5.56 Å². The third kappa shape index (κ3) is 4.39. The number of hydrogen-bond acceptors (Lipinski definition) is 3. The summed E-state index contributed by atoms with van der Waals surface area (Å²) in [6, 6.07) is 15.6. The summed E-state index contributed by atoms with van der Waals surface area (Å²) >= 11 is 9.54. The molecule has 1 saturated heterocycles. The second-order valence-electron chi connectivity index (χ2n) is 7.25. The van der Waals surface area contributed by atoms with E-state index in [-0.39, 0.29) is 11.3 Å². The van der Waals surface area contributed by atoms with Crippen LogP contribution in [0.2, 0.25) is 5.02 Å². The summed E-state index contributed by atoms with van der Waals surface area (Å²) in [5.41, 5.74) is 3.12. The van der Waals surface area contributed by atoms with E-state index in [0.717, 1.165) is 22.9 Å². The van der Waals surface area contributed by atoms with Crippen LogP contribution >= 0.6 is 27.5 Å². The number of carbonyl (C=O) groups excluding carboxylic acids is 1. The minimum Gasteiger partial charge on any atom is -0.381 e. The highest BCUT2D eigenvalue weighted by Gasteiger charge is 2.35. The molecule has 1 aromatic heterocycles. The largest absolute Gasteiger partial charge is 0.381 e. The van der Waals surface area contributed by atoms with Crippen molar-refractivity contribution >= 4 is 33.4 Å². The third-order valence-electron chi connectivity index (χ3n) is 5.49. The fourth-order valence-corrected chi connectivity index (χ4v) is 4.31. The fraction of sp³-hybridized carbons (Fsp3) is 0.273. The van der Waals surface area contributed by atoms with Gasteiger partial charge >= 0.3 is 0 Å². The van der Waals surface area contributed by atoms with Gasteiger partial charge in [0.15, 0.2) is 0 Å². The molecule has 0 atom stereocenters. The van der Waals surface area contributed by atoms with Crippen LogP contribution in [0.15, 0.2) is 59.2 Å². The van der Waals surface area contributed by atoms with Gasteiger partial charge in [-0.25, -0.2) is 0 Å². The van der Waals surface area contributed by atoms with Crippen molar-refractivity contribution in [1.29, 1.82) is 0 Å². The van der Waals surface area contributed by atoms with Gasteiger partial charge in [0.25, 0.3) is 5.91 Å². The van der Waals surface area contributed by atoms with Crippen LogP contribution in [-0.2, 0) is 10.2 Å². The Morgan fingerprint density at radius 3 is 2.69 bits per heavy atom. The van der Waals surface area contributed by atoms with Gasteiger partial charge < -0.3 is 10.1 Å². The van der Waals surface area contributed by atoms with Crippen molar-refractivity contribution < 1.29 is 9.53 Å². The van der Waals surface area contributed by atoms with Gasteiger partial charge in [-0.1, -0.05) is 51.8 Å². The quantitative estimate of drug-likeness (QED) is 0.548. The highest BCUT2D eigenvalue weighted by Crippen LogP contribution is 2.35. The molecule has 7 heteroatoms. The van der Waals surface area contributed by atoms with Crippen molar-refractivity contribution in [3.63, 3.8) is 0 Å². The first kappa shape index (κ1) is 20.1. The van der Waals surface area contributed by atoms with Crippen LogP contribution in [-0.4, -0.2) is 35.9 Å². The van der Waals surface area contributed by atoms with Gasteiger partial charge in [0.1, 0.15) is 0 Å². The van der Waals surface area contributed by atoms with Gasteiger partial charge in [0, 0.05) is 40.2 Å². The lowest BCUT2D eigenvalue weighted by atomic mass is 9.74. The summed E-state index contributed by atoms with van der Waals surface area (Å²) in [4.78, 5) is 13.0. The highest BCUT2D eigenvalue weighted by atomic mass is 79.9. The average Bonchev–Trinajstić information content (AvgIpc) is 3.23. The first-order chi connectivity index (χ1) is 14.1. The van der Waals surface area contributed by atoms with E-state index >= 15 is 0 Å². The Labute approximate surface area is 182 Å². The summed E-state index contributed by atoms with van der Waals surface area (Å²) in [6.45, 7) is 1.91. The molecule has 1 amide bonds. The SMILES string of the molecule is O=C(NCC1(c2cccc(Br)c2)CCOCC1)c1cn[nH]c1-c1ccc(Cl)cc1. The van der Waals surface area contributed by atoms with E-state index in [4.69, 9.17) is 16.3 Å². The normalized spacial score (nSPS) is 15.8. The summed E-state index contributed by atoms with van der Waals surface area (Å²) in [5.74, 6) is -0.149. The van der Waals surface area contributed by atoms with Crippen molar-refractivity contribution in [2.24, 2.45) is 0 Å². The molecule has 3 aromatic rings. The maximum atomic E-state index is 13.0. The molecule has 0 unspecified atom stereocenters. The molecule has 0 radical (unpaired) electrons. The lowest BCUT2D eigenvalue weighted by Gasteiger charge is -2.38. The van der Waals surface area contributed by atoms with E-state index < -0.39 is 0 Å². The first-order valence-electron chi connectivity index (χ1n) is 9.49. The Morgan fingerprint density at radius 1 is 1.21 bits per heavy atom. The van der Waals surface area contributed by atoms with Gasteiger partial charge in [0.05, 0.1) is 17.5 Å². The molecule has 0 bridgehead atoms. The van der Waals surface area contributed by atoms with Crippen molar-refractivity contribution in [2.75, 3.05) is 19.8 Å². The lowest BCUT2D eigenvalue weighted by Crippen LogP contribution is -2.44. The van der Waals surface area contributed by atoms with Gasteiger partial charge in [0.2, 0.25) is 0 Å². The molecule has 150 valence electrons. The third-order valence-corrected chi connectivity index (χ3v) is 6.24. The van der Waals surface area contributed by atoms with Crippen molar-refractivity contribution in [2.45, 2.75) is 18.3 Å². The van der Waals surface area contributed by atoms with Gasteiger partial charge in [-0.05, 0) is 42.7 Å². The summed E-state index contributed by atoms with van der Waals surface area (Å²) in [5, 5.41) is 10.8. The molecular formula is C22H21BrClN3O2. The van der Waals surface area contributed by atoms with E-state index in [9.17, 15) is 4.79 Å². The number of amides is 1. The van der Waals surface area contributed by atoms with Crippen LogP contribution in [0.3, 0.4) is 0 Å². The van der Waals surface area contributed by atoms with Gasteiger partial charge in [-0.15, -0.1) is 0 Å². The van der Waals surface area contributed by atoms with Crippen molar-refractivity contribution in [3.05, 3.63) is 75.4 Å². The number of nitrogens with zero attached hydrogens (tertiary/aromatic N) is 1. The number of carbonyl (C=O) groups is 1. The number of hydrogen-bond donors (Lipinski definition) is 2. The number of H-pyrrole nitrogens is 1. The molecule has 2 N–H and O–H groups in total. The molecule has 0 spiro atoms. The Kier molecular flexibility index (Phi) is 6.04. The Hall–Kier alpha value is -2.15. The smallest absolute Gasteiger partial charge is 0.255 e. The molecule has 2 aromatic carbocycles. The molecular weight excluding hydrogens is 454 g/mol.